The lowest BCUT2D eigenvalue weighted by atomic mass is 9.87. The summed E-state index contributed by atoms with van der Waals surface area (Å²) in [6, 6.07) is 14.7. The number of nitrogens with one attached hydrogen (secondary N) is 2. The molecule has 0 saturated carbocycles. The lowest BCUT2D eigenvalue weighted by Gasteiger charge is -2.27. The maximum Gasteiger partial charge on any atom is 0.407 e. The van der Waals surface area contributed by atoms with E-state index in [2.05, 4.69) is 34.9 Å². The van der Waals surface area contributed by atoms with Crippen LogP contribution in [0.15, 0.2) is 48.5 Å². The van der Waals surface area contributed by atoms with Gasteiger partial charge in [-0.2, -0.15) is 0 Å². The van der Waals surface area contributed by atoms with Crippen molar-refractivity contribution in [3.05, 3.63) is 59.7 Å². The third-order valence-electron chi connectivity index (χ3n) is 5.70. The van der Waals surface area contributed by atoms with E-state index >= 15 is 0 Å². The number of carbonyl (C=O) groups excluding carboxylic acids is 2. The van der Waals surface area contributed by atoms with E-state index in [1.54, 1.807) is 0 Å². The highest BCUT2D eigenvalue weighted by molar-refractivity contribution is 5.84. The average Bonchev–Trinajstić information content (AvgIpc) is 3.04. The van der Waals surface area contributed by atoms with Gasteiger partial charge in [-0.3, -0.25) is 9.59 Å². The number of benzene rings is 2. The van der Waals surface area contributed by atoms with E-state index in [9.17, 15) is 14.4 Å². The van der Waals surface area contributed by atoms with Crippen LogP contribution >= 0.6 is 0 Å². The van der Waals surface area contributed by atoms with Gasteiger partial charge >= 0.3 is 12.1 Å². The van der Waals surface area contributed by atoms with E-state index in [-0.39, 0.29) is 24.4 Å². The van der Waals surface area contributed by atoms with Gasteiger partial charge in [-0.15, -0.1) is 0 Å². The second-order valence-electron chi connectivity index (χ2n) is 9.76. The second kappa shape index (κ2) is 10.1. The molecule has 0 spiro atoms. The van der Waals surface area contributed by atoms with Crippen LogP contribution in [0.2, 0.25) is 0 Å². The molecule has 176 valence electrons. The van der Waals surface area contributed by atoms with Gasteiger partial charge in [0.25, 0.3) is 0 Å². The van der Waals surface area contributed by atoms with Crippen molar-refractivity contribution < 1.29 is 24.2 Å². The number of carbonyl (C=O) groups is 3. The number of carboxylic acid groups (broad SMARTS) is 1. The Morgan fingerprint density at radius 3 is 2.03 bits per heavy atom. The summed E-state index contributed by atoms with van der Waals surface area (Å²) >= 11 is 0. The Morgan fingerprint density at radius 2 is 1.52 bits per heavy atom. The maximum absolute atomic E-state index is 12.7. The molecule has 0 bridgehead atoms. The molecule has 0 aliphatic heterocycles. The zero-order chi connectivity index (χ0) is 24.2. The first-order valence-corrected chi connectivity index (χ1v) is 11.2. The standard InChI is InChI=1S/C26H32N2O5/c1-16(24(30)31)27-23(29)13-17(14-26(2,3)4)28-25(32)33-15-22-20-11-7-5-9-18(20)19-10-6-8-12-21(19)22/h5-12,16-17,22H,13-15H2,1-4H3,(H,27,29)(H,28,32)(H,30,31)/t16-,17?/m0/s1. The first kappa shape index (κ1) is 24.3. The van der Waals surface area contributed by atoms with E-state index in [4.69, 9.17) is 9.84 Å². The van der Waals surface area contributed by atoms with Crippen LogP contribution < -0.4 is 10.6 Å². The van der Waals surface area contributed by atoms with Gasteiger partial charge in [0.1, 0.15) is 12.6 Å². The number of fused-ring (bicyclic) bond motifs is 3. The average molecular weight is 453 g/mol. The molecule has 2 amide bonds. The molecule has 3 N–H and O–H groups in total. The highest BCUT2D eigenvalue weighted by Gasteiger charge is 2.30. The van der Waals surface area contributed by atoms with Gasteiger partial charge in [0.2, 0.25) is 5.91 Å². The number of carboxylic acids is 1. The summed E-state index contributed by atoms with van der Waals surface area (Å²) in [6.07, 6.45) is -0.0873. The summed E-state index contributed by atoms with van der Waals surface area (Å²) in [7, 11) is 0. The van der Waals surface area contributed by atoms with Gasteiger partial charge < -0.3 is 20.5 Å². The molecule has 2 aromatic rings. The van der Waals surface area contributed by atoms with Gasteiger partial charge in [-0.05, 0) is 41.0 Å². The summed E-state index contributed by atoms with van der Waals surface area (Å²) in [5.41, 5.74) is 4.40. The molecule has 7 heteroatoms. The smallest absolute Gasteiger partial charge is 0.407 e. The van der Waals surface area contributed by atoms with Gasteiger partial charge in [-0.1, -0.05) is 69.3 Å². The van der Waals surface area contributed by atoms with E-state index in [0.29, 0.717) is 6.42 Å². The van der Waals surface area contributed by atoms with E-state index in [1.165, 1.54) is 6.92 Å². The summed E-state index contributed by atoms with van der Waals surface area (Å²) in [5, 5.41) is 14.3. The van der Waals surface area contributed by atoms with Crippen molar-refractivity contribution in [3.8, 4) is 11.1 Å². The van der Waals surface area contributed by atoms with E-state index in [1.807, 2.05) is 45.0 Å². The first-order chi connectivity index (χ1) is 15.5. The van der Waals surface area contributed by atoms with Crippen molar-refractivity contribution in [2.24, 2.45) is 5.41 Å². The Balaban J connectivity index is 1.64. The Kier molecular flexibility index (Phi) is 7.41. The van der Waals surface area contributed by atoms with E-state index < -0.39 is 30.1 Å². The normalized spacial score (nSPS) is 14.5. The van der Waals surface area contributed by atoms with E-state index in [0.717, 1.165) is 22.3 Å². The van der Waals surface area contributed by atoms with Crippen molar-refractivity contribution in [1.82, 2.24) is 10.6 Å². The molecule has 0 saturated heterocycles. The van der Waals surface area contributed by atoms with Gasteiger partial charge in [-0.25, -0.2) is 4.79 Å². The Bertz CT molecular complexity index is 982. The minimum atomic E-state index is -1.11. The lowest BCUT2D eigenvalue weighted by molar-refractivity contribution is -0.141. The molecule has 1 unspecified atom stereocenters. The fourth-order valence-corrected chi connectivity index (χ4v) is 4.31. The summed E-state index contributed by atoms with van der Waals surface area (Å²) < 4.78 is 5.61. The van der Waals surface area contributed by atoms with Crippen molar-refractivity contribution in [2.45, 2.75) is 58.5 Å². The van der Waals surface area contributed by atoms with Crippen molar-refractivity contribution in [1.29, 1.82) is 0 Å². The number of ether oxygens (including phenoxy) is 1. The molecular formula is C26H32N2O5. The quantitative estimate of drug-likeness (QED) is 0.554. The minimum Gasteiger partial charge on any atom is -0.480 e. The molecule has 0 radical (unpaired) electrons. The minimum absolute atomic E-state index is 0.0287. The van der Waals surface area contributed by atoms with Crippen molar-refractivity contribution in [2.75, 3.05) is 6.61 Å². The number of rotatable bonds is 8. The van der Waals surface area contributed by atoms with Gasteiger partial charge in [0.05, 0.1) is 0 Å². The molecule has 1 aliphatic carbocycles. The molecule has 2 atom stereocenters. The molecule has 33 heavy (non-hydrogen) atoms. The molecule has 0 fully saturated rings. The molecule has 0 heterocycles. The predicted molar refractivity (Wildman–Crippen MR) is 126 cm³/mol. The topological polar surface area (TPSA) is 105 Å². The van der Waals surface area contributed by atoms with Crippen LogP contribution in [0.4, 0.5) is 4.79 Å². The number of hydrogen-bond acceptors (Lipinski definition) is 4. The summed E-state index contributed by atoms with van der Waals surface area (Å²) in [5.74, 6) is -1.60. The summed E-state index contributed by atoms with van der Waals surface area (Å²) in [4.78, 5) is 36.0. The van der Waals surface area contributed by atoms with Crippen LogP contribution in [0.25, 0.3) is 11.1 Å². The molecule has 1 aliphatic rings. The number of amides is 2. The van der Waals surface area contributed by atoms with Gasteiger partial charge in [0.15, 0.2) is 0 Å². The Morgan fingerprint density at radius 1 is 0.970 bits per heavy atom. The third-order valence-corrected chi connectivity index (χ3v) is 5.70. The number of alkyl carbamates (subject to hydrolysis) is 1. The maximum atomic E-state index is 12.7. The molecule has 3 rings (SSSR count). The third kappa shape index (κ3) is 6.34. The van der Waals surface area contributed by atoms with Crippen LogP contribution in [0.5, 0.6) is 0 Å². The Hall–Kier alpha value is -3.35. The first-order valence-electron chi connectivity index (χ1n) is 11.2. The fourth-order valence-electron chi connectivity index (χ4n) is 4.31. The zero-order valence-electron chi connectivity index (χ0n) is 19.6. The van der Waals surface area contributed by atoms with Crippen LogP contribution in [-0.4, -0.2) is 41.8 Å². The largest absolute Gasteiger partial charge is 0.480 e. The second-order valence-corrected chi connectivity index (χ2v) is 9.76. The van der Waals surface area contributed by atoms with Crippen LogP contribution in [0.3, 0.4) is 0 Å². The fraction of sp³-hybridized carbons (Fsp3) is 0.423. The monoisotopic (exact) mass is 452 g/mol. The van der Waals surface area contributed by atoms with Crippen LogP contribution in [0, 0.1) is 5.41 Å². The van der Waals surface area contributed by atoms with Crippen LogP contribution in [0.1, 0.15) is 57.6 Å². The van der Waals surface area contributed by atoms with Crippen molar-refractivity contribution in [3.63, 3.8) is 0 Å². The van der Waals surface area contributed by atoms with Crippen LogP contribution in [-0.2, 0) is 14.3 Å². The molecule has 0 aromatic heterocycles. The molecule has 2 aromatic carbocycles. The zero-order valence-corrected chi connectivity index (χ0v) is 19.6. The van der Waals surface area contributed by atoms with Gasteiger partial charge in [0, 0.05) is 18.4 Å². The van der Waals surface area contributed by atoms with Crippen molar-refractivity contribution >= 4 is 18.0 Å². The predicted octanol–water partition coefficient (Wildman–Crippen LogP) is 4.31. The number of aliphatic carboxylic acids is 1. The number of hydrogen-bond donors (Lipinski definition) is 3. The molecular weight excluding hydrogens is 420 g/mol. The highest BCUT2D eigenvalue weighted by atomic mass is 16.5. The summed E-state index contributed by atoms with van der Waals surface area (Å²) in [6.45, 7) is 7.62. The Labute approximate surface area is 194 Å². The molecule has 7 nitrogen and oxygen atoms in total. The SMILES string of the molecule is C[C@H](NC(=O)CC(CC(C)(C)C)NC(=O)OCC1c2ccccc2-c2ccccc21)C(=O)O. The highest BCUT2D eigenvalue weighted by Crippen LogP contribution is 2.44. The lowest BCUT2D eigenvalue weighted by Crippen LogP contribution is -2.44.